The molecule has 0 N–H and O–H groups in total. The van der Waals surface area contributed by atoms with Crippen LogP contribution in [0, 0.1) is 0 Å². The highest BCUT2D eigenvalue weighted by Crippen LogP contribution is 2.52. The van der Waals surface area contributed by atoms with E-state index in [0.29, 0.717) is 5.95 Å². The number of fused-ring (bicyclic) bond motifs is 11. The van der Waals surface area contributed by atoms with Gasteiger partial charge in [0, 0.05) is 38.5 Å². The van der Waals surface area contributed by atoms with E-state index < -0.39 is 0 Å². The minimum absolute atomic E-state index is 0.0891. The minimum Gasteiger partial charge on any atom is -0.334 e. The van der Waals surface area contributed by atoms with Crippen LogP contribution in [-0.4, -0.2) is 20.1 Å². The van der Waals surface area contributed by atoms with Crippen molar-refractivity contribution in [2.75, 3.05) is 4.90 Å². The summed E-state index contributed by atoms with van der Waals surface area (Å²) in [4.78, 5) is 13.3. The second kappa shape index (κ2) is 10.1. The highest BCUT2D eigenvalue weighted by atomic mass is 15.2. The lowest BCUT2D eigenvalue weighted by Crippen LogP contribution is -2.37. The lowest BCUT2D eigenvalue weighted by atomic mass is 9.91. The molecule has 0 radical (unpaired) electrons. The molecule has 4 heteroatoms. The number of hydrogen-bond donors (Lipinski definition) is 0. The monoisotopic (exact) mass is 640 g/mol. The van der Waals surface area contributed by atoms with E-state index >= 15 is 0 Å². The standard InChI is InChI=1S/C46H32N4/c1-46-27-33-14-6-9-17-39(33)50(46)40-23-20-31(25-34(40)28-46)32-21-24-42-38(26-32)36-16-8-10-18-41(36)49(42)45-47-43(30-12-3-2-4-13-30)37-22-19-29-11-5-7-15-35(29)44(37)48-45/h2-26H,27-28H2,1H3. The van der Waals surface area contributed by atoms with E-state index in [4.69, 9.17) is 9.97 Å². The fraction of sp³-hybridized carbons (Fsp3) is 0.0870. The Kier molecular flexibility index (Phi) is 5.60. The molecule has 0 aliphatic carbocycles. The summed E-state index contributed by atoms with van der Waals surface area (Å²) in [5, 5.41) is 5.74. The molecular weight excluding hydrogens is 609 g/mol. The Hall–Kier alpha value is -6.26. The summed E-state index contributed by atoms with van der Waals surface area (Å²) in [6.07, 6.45) is 2.13. The van der Waals surface area contributed by atoms with Crippen LogP contribution >= 0.6 is 0 Å². The first kappa shape index (κ1) is 27.7. The first-order valence-corrected chi connectivity index (χ1v) is 17.4. The van der Waals surface area contributed by atoms with Gasteiger partial charge < -0.3 is 4.90 Å². The molecule has 11 rings (SSSR count). The molecule has 4 nitrogen and oxygen atoms in total. The van der Waals surface area contributed by atoms with Gasteiger partial charge in [-0.2, -0.15) is 0 Å². The summed E-state index contributed by atoms with van der Waals surface area (Å²) < 4.78 is 2.25. The lowest BCUT2D eigenvalue weighted by Gasteiger charge is -2.30. The zero-order valence-electron chi connectivity index (χ0n) is 27.6. The van der Waals surface area contributed by atoms with Crippen molar-refractivity contribution in [3.8, 4) is 28.3 Å². The number of para-hydroxylation sites is 2. The van der Waals surface area contributed by atoms with Crippen LogP contribution < -0.4 is 4.90 Å². The van der Waals surface area contributed by atoms with Crippen LogP contribution in [-0.2, 0) is 12.8 Å². The molecule has 0 spiro atoms. The molecule has 50 heavy (non-hydrogen) atoms. The summed E-state index contributed by atoms with van der Waals surface area (Å²) in [6.45, 7) is 2.41. The van der Waals surface area contributed by atoms with Gasteiger partial charge in [-0.25, -0.2) is 9.97 Å². The number of nitrogens with zero attached hydrogens (tertiary/aromatic N) is 4. The molecule has 9 aromatic rings. The van der Waals surface area contributed by atoms with Crippen molar-refractivity contribution in [2.45, 2.75) is 25.3 Å². The van der Waals surface area contributed by atoms with Crippen LogP contribution in [0.1, 0.15) is 18.1 Å². The minimum atomic E-state index is 0.0891. The van der Waals surface area contributed by atoms with Crippen molar-refractivity contribution in [2.24, 2.45) is 0 Å². The normalized spacial score (nSPS) is 16.4. The number of benzene rings is 7. The van der Waals surface area contributed by atoms with E-state index in [9.17, 15) is 0 Å². The van der Waals surface area contributed by atoms with Gasteiger partial charge in [-0.3, -0.25) is 4.57 Å². The Morgan fingerprint density at radius 2 is 1.20 bits per heavy atom. The maximum absolute atomic E-state index is 5.35. The van der Waals surface area contributed by atoms with E-state index in [2.05, 4.69) is 168 Å². The molecule has 0 amide bonds. The predicted molar refractivity (Wildman–Crippen MR) is 207 cm³/mol. The van der Waals surface area contributed by atoms with Crippen molar-refractivity contribution >= 4 is 54.9 Å². The van der Waals surface area contributed by atoms with Gasteiger partial charge >= 0.3 is 0 Å². The fourth-order valence-electron chi connectivity index (χ4n) is 8.89. The third-order valence-electron chi connectivity index (χ3n) is 11.1. The average molecular weight is 641 g/mol. The molecule has 2 aliphatic rings. The second-order valence-electron chi connectivity index (χ2n) is 14.2. The van der Waals surface area contributed by atoms with Crippen LogP contribution in [0.3, 0.4) is 0 Å². The maximum Gasteiger partial charge on any atom is 0.235 e. The van der Waals surface area contributed by atoms with E-state index in [0.717, 1.165) is 51.4 Å². The average Bonchev–Trinajstić information content (AvgIpc) is 3.76. The van der Waals surface area contributed by atoms with Crippen LogP contribution in [0.4, 0.5) is 11.4 Å². The van der Waals surface area contributed by atoms with Crippen LogP contribution in [0.25, 0.3) is 71.8 Å². The summed E-state index contributed by atoms with van der Waals surface area (Å²) in [6, 6.07) is 54.8. The molecular formula is C46H32N4. The smallest absolute Gasteiger partial charge is 0.235 e. The molecule has 0 saturated carbocycles. The first-order chi connectivity index (χ1) is 24.6. The van der Waals surface area contributed by atoms with E-state index in [-0.39, 0.29) is 5.54 Å². The summed E-state index contributed by atoms with van der Waals surface area (Å²) in [7, 11) is 0. The van der Waals surface area contributed by atoms with Crippen LogP contribution in [0.2, 0.25) is 0 Å². The Labute approximate surface area is 289 Å². The largest absolute Gasteiger partial charge is 0.334 e. The van der Waals surface area contributed by atoms with E-state index in [1.54, 1.807) is 0 Å². The molecule has 2 aliphatic heterocycles. The third-order valence-corrected chi connectivity index (χ3v) is 11.1. The summed E-state index contributed by atoms with van der Waals surface area (Å²) >= 11 is 0. The van der Waals surface area contributed by atoms with Gasteiger partial charge in [-0.1, -0.05) is 109 Å². The van der Waals surface area contributed by atoms with Crippen LogP contribution in [0.5, 0.6) is 0 Å². The summed E-state index contributed by atoms with van der Waals surface area (Å²) in [5.41, 5.74) is 13.3. The van der Waals surface area contributed by atoms with Gasteiger partial charge in [0.25, 0.3) is 0 Å². The number of hydrogen-bond acceptors (Lipinski definition) is 3. The van der Waals surface area contributed by atoms with E-state index in [1.165, 1.54) is 49.8 Å². The molecule has 4 heterocycles. The number of rotatable bonds is 3. The zero-order valence-corrected chi connectivity index (χ0v) is 27.6. The number of anilines is 2. The second-order valence-corrected chi connectivity index (χ2v) is 14.2. The Morgan fingerprint density at radius 1 is 0.500 bits per heavy atom. The third kappa shape index (κ3) is 3.87. The Bertz CT molecular complexity index is 2850. The van der Waals surface area contributed by atoms with Crippen molar-refractivity contribution in [3.63, 3.8) is 0 Å². The Balaban J connectivity index is 1.10. The summed E-state index contributed by atoms with van der Waals surface area (Å²) in [5.74, 6) is 0.679. The maximum atomic E-state index is 5.35. The Morgan fingerprint density at radius 3 is 2.12 bits per heavy atom. The molecule has 0 bridgehead atoms. The highest BCUT2D eigenvalue weighted by molar-refractivity contribution is 6.12. The van der Waals surface area contributed by atoms with Crippen molar-refractivity contribution in [3.05, 3.63) is 163 Å². The van der Waals surface area contributed by atoms with Crippen molar-refractivity contribution in [1.29, 1.82) is 0 Å². The van der Waals surface area contributed by atoms with Gasteiger partial charge in [-0.05, 0) is 89.9 Å². The molecule has 1 atom stereocenters. The lowest BCUT2D eigenvalue weighted by molar-refractivity contribution is 0.507. The van der Waals surface area contributed by atoms with E-state index in [1.807, 2.05) is 0 Å². The molecule has 236 valence electrons. The molecule has 7 aromatic carbocycles. The molecule has 0 fully saturated rings. The van der Waals surface area contributed by atoms with Crippen molar-refractivity contribution in [1.82, 2.24) is 14.5 Å². The van der Waals surface area contributed by atoms with Gasteiger partial charge in [0.2, 0.25) is 5.95 Å². The highest BCUT2D eigenvalue weighted by Gasteiger charge is 2.46. The quantitative estimate of drug-likeness (QED) is 0.180. The molecule has 2 aromatic heterocycles. The fourth-order valence-corrected chi connectivity index (χ4v) is 8.89. The van der Waals surface area contributed by atoms with Gasteiger partial charge in [-0.15, -0.1) is 0 Å². The van der Waals surface area contributed by atoms with Gasteiger partial charge in [0.15, 0.2) is 0 Å². The zero-order chi connectivity index (χ0) is 33.0. The van der Waals surface area contributed by atoms with Gasteiger partial charge in [0.1, 0.15) is 0 Å². The first-order valence-electron chi connectivity index (χ1n) is 17.4. The topological polar surface area (TPSA) is 34.0 Å². The predicted octanol–water partition coefficient (Wildman–Crippen LogP) is 11.2. The number of aromatic nitrogens is 3. The molecule has 1 unspecified atom stereocenters. The SMILES string of the molecule is CC12Cc3ccccc3N1c1ccc(-c3ccc4c(c3)c3ccccc3n4-c3nc(-c4ccccc4)c4ccc5ccccc5c4n3)cc1C2. The van der Waals surface area contributed by atoms with Crippen LogP contribution in [0.15, 0.2) is 152 Å². The molecule has 0 saturated heterocycles. The van der Waals surface area contributed by atoms with Gasteiger partial charge in [0.05, 0.1) is 27.8 Å². The van der Waals surface area contributed by atoms with Crippen molar-refractivity contribution < 1.29 is 0 Å².